The van der Waals surface area contributed by atoms with Gasteiger partial charge in [0.1, 0.15) is 0 Å². The van der Waals surface area contributed by atoms with Crippen LogP contribution in [0, 0.1) is 0 Å². The maximum atomic E-state index is 12.6. The molecule has 3 N–H and O–H groups in total. The molecule has 196 valence electrons. The van der Waals surface area contributed by atoms with Crippen molar-refractivity contribution in [1.29, 1.82) is 0 Å². The number of nitrogens with zero attached hydrogens (tertiary/aromatic N) is 1. The number of esters is 1. The Balaban J connectivity index is 1.64. The molecule has 0 aliphatic carbocycles. The number of nitrogens with one attached hydrogen (secondary N) is 3. The average molecular weight is 520 g/mol. The molecule has 2 aromatic rings. The van der Waals surface area contributed by atoms with E-state index < -0.39 is 42.3 Å². The minimum Gasteiger partial charge on any atom is -0.493 e. The Morgan fingerprint density at radius 1 is 1.11 bits per heavy atom. The van der Waals surface area contributed by atoms with Gasteiger partial charge in [0.25, 0.3) is 5.91 Å². The molecule has 1 heterocycles. The zero-order valence-electron chi connectivity index (χ0n) is 19.9. The molecule has 0 radical (unpaired) electrons. The van der Waals surface area contributed by atoms with E-state index in [1.807, 2.05) is 0 Å². The van der Waals surface area contributed by atoms with Gasteiger partial charge in [-0.3, -0.25) is 4.79 Å². The third-order valence-corrected chi connectivity index (χ3v) is 5.20. The highest BCUT2D eigenvalue weighted by molar-refractivity contribution is 5.95. The van der Waals surface area contributed by atoms with Crippen LogP contribution in [0.2, 0.25) is 0 Å². The summed E-state index contributed by atoms with van der Waals surface area (Å²) in [7, 11) is 2.61. The van der Waals surface area contributed by atoms with Gasteiger partial charge in [0.2, 0.25) is 0 Å². The third kappa shape index (κ3) is 6.78. The van der Waals surface area contributed by atoms with Gasteiger partial charge in [-0.15, -0.1) is 0 Å². The van der Waals surface area contributed by atoms with Crippen LogP contribution in [0.5, 0.6) is 11.5 Å². The summed E-state index contributed by atoms with van der Waals surface area (Å²) in [6.07, 6.45) is -3.25. The zero-order chi connectivity index (χ0) is 27.2. The molecule has 0 fully saturated rings. The maximum absolute atomic E-state index is 12.6. The van der Waals surface area contributed by atoms with Gasteiger partial charge >= 0.3 is 18.2 Å². The van der Waals surface area contributed by atoms with E-state index in [1.54, 1.807) is 19.1 Å². The third-order valence-electron chi connectivity index (χ3n) is 5.20. The first kappa shape index (κ1) is 27.0. The fourth-order valence-corrected chi connectivity index (χ4v) is 3.42. The van der Waals surface area contributed by atoms with Crippen LogP contribution in [0.3, 0.4) is 0 Å². The number of amides is 3. The first-order valence-electron chi connectivity index (χ1n) is 10.7. The standard InChI is InChI=1S/C24H23F3N4O6/c1-13-20(22(33)36-3)21(30-23(34)29-13)15-6-9-17(18(10-15)35-2)37-12-19(32)31-28-11-14-4-7-16(8-5-14)24(25,26)27/h4-11,21H,12H2,1-3H3,(H,31,32)(H2,29,30,34)/b28-11-/t21-/m1/s1. The molecule has 37 heavy (non-hydrogen) atoms. The van der Waals surface area contributed by atoms with Crippen LogP contribution in [-0.4, -0.2) is 44.9 Å². The maximum Gasteiger partial charge on any atom is 0.416 e. The highest BCUT2D eigenvalue weighted by atomic mass is 19.4. The lowest BCUT2D eigenvalue weighted by Crippen LogP contribution is -2.45. The van der Waals surface area contributed by atoms with Crippen molar-refractivity contribution in [2.24, 2.45) is 5.10 Å². The monoisotopic (exact) mass is 520 g/mol. The summed E-state index contributed by atoms with van der Waals surface area (Å²) in [6, 6.07) is 7.57. The van der Waals surface area contributed by atoms with E-state index in [0.29, 0.717) is 16.8 Å². The van der Waals surface area contributed by atoms with E-state index in [9.17, 15) is 27.6 Å². The molecule has 0 aromatic heterocycles. The Labute approximate surface area is 209 Å². The predicted molar refractivity (Wildman–Crippen MR) is 125 cm³/mol. The van der Waals surface area contributed by atoms with Crippen LogP contribution in [0.15, 0.2) is 58.8 Å². The topological polar surface area (TPSA) is 127 Å². The Morgan fingerprint density at radius 2 is 1.81 bits per heavy atom. The quantitative estimate of drug-likeness (QED) is 0.279. The fraction of sp³-hybridized carbons (Fsp3) is 0.250. The number of allylic oxidation sites excluding steroid dienone is 1. The summed E-state index contributed by atoms with van der Waals surface area (Å²) < 4.78 is 53.5. The lowest BCUT2D eigenvalue weighted by atomic mass is 9.95. The number of carbonyl (C=O) groups excluding carboxylic acids is 3. The van der Waals surface area contributed by atoms with Crippen LogP contribution in [0.25, 0.3) is 0 Å². The lowest BCUT2D eigenvalue weighted by Gasteiger charge is -2.28. The Morgan fingerprint density at radius 3 is 2.43 bits per heavy atom. The molecule has 10 nitrogen and oxygen atoms in total. The summed E-state index contributed by atoms with van der Waals surface area (Å²) in [4.78, 5) is 36.3. The molecule has 2 aromatic carbocycles. The van der Waals surface area contributed by atoms with E-state index in [0.717, 1.165) is 12.1 Å². The molecular formula is C24H23F3N4O6. The van der Waals surface area contributed by atoms with Crippen molar-refractivity contribution in [1.82, 2.24) is 16.1 Å². The SMILES string of the molecule is COC(=O)C1=C(C)NC(=O)N[C@@H]1c1ccc(OCC(=O)N/N=C\c2ccc(C(F)(F)F)cc2)c(OC)c1. The van der Waals surface area contributed by atoms with Crippen molar-refractivity contribution in [3.63, 3.8) is 0 Å². The number of ether oxygens (including phenoxy) is 3. The Kier molecular flexibility index (Phi) is 8.37. The second kappa shape index (κ2) is 11.5. The Hall–Kier alpha value is -4.55. The number of methoxy groups -OCH3 is 2. The summed E-state index contributed by atoms with van der Waals surface area (Å²) in [5.74, 6) is -0.823. The van der Waals surface area contributed by atoms with Gasteiger partial charge in [-0.1, -0.05) is 18.2 Å². The molecule has 0 unspecified atom stereocenters. The van der Waals surface area contributed by atoms with Gasteiger partial charge in [0.15, 0.2) is 18.1 Å². The molecule has 1 aliphatic rings. The summed E-state index contributed by atoms with van der Waals surface area (Å²) in [6.45, 7) is 1.13. The van der Waals surface area contributed by atoms with E-state index in [-0.39, 0.29) is 17.1 Å². The van der Waals surface area contributed by atoms with Crippen LogP contribution in [0.1, 0.15) is 29.7 Å². The minimum atomic E-state index is -4.44. The molecule has 1 aliphatic heterocycles. The number of rotatable bonds is 8. The molecule has 3 rings (SSSR count). The zero-order valence-corrected chi connectivity index (χ0v) is 19.9. The highest BCUT2D eigenvalue weighted by Crippen LogP contribution is 2.34. The van der Waals surface area contributed by atoms with Crippen molar-refractivity contribution < 1.29 is 41.8 Å². The number of benzene rings is 2. The first-order valence-corrected chi connectivity index (χ1v) is 10.7. The van der Waals surface area contributed by atoms with Gasteiger partial charge in [0.05, 0.1) is 37.6 Å². The van der Waals surface area contributed by atoms with E-state index >= 15 is 0 Å². The number of hydrogen-bond acceptors (Lipinski definition) is 7. The Bertz CT molecular complexity index is 1240. The van der Waals surface area contributed by atoms with Crippen LogP contribution in [0.4, 0.5) is 18.0 Å². The average Bonchev–Trinajstić information content (AvgIpc) is 2.86. The van der Waals surface area contributed by atoms with Crippen LogP contribution in [-0.2, 0) is 20.5 Å². The summed E-state index contributed by atoms with van der Waals surface area (Å²) in [5, 5.41) is 8.88. The number of hydrazone groups is 1. The summed E-state index contributed by atoms with van der Waals surface area (Å²) in [5.41, 5.74) is 2.83. The number of urea groups is 1. The smallest absolute Gasteiger partial charge is 0.416 e. The van der Waals surface area contributed by atoms with Gasteiger partial charge < -0.3 is 24.8 Å². The van der Waals surface area contributed by atoms with E-state index in [2.05, 4.69) is 21.2 Å². The molecule has 0 bridgehead atoms. The predicted octanol–water partition coefficient (Wildman–Crippen LogP) is 3.04. The number of alkyl halides is 3. The molecule has 1 atom stereocenters. The molecule has 3 amide bonds. The molecular weight excluding hydrogens is 497 g/mol. The first-order chi connectivity index (χ1) is 17.5. The molecule has 0 saturated carbocycles. The number of carbonyl (C=O) groups is 3. The van der Waals surface area contributed by atoms with Crippen LogP contribution < -0.4 is 25.5 Å². The minimum absolute atomic E-state index is 0.202. The van der Waals surface area contributed by atoms with Crippen molar-refractivity contribution in [2.75, 3.05) is 20.8 Å². The van der Waals surface area contributed by atoms with Gasteiger partial charge in [-0.05, 0) is 42.3 Å². The van der Waals surface area contributed by atoms with Gasteiger partial charge in [-0.2, -0.15) is 18.3 Å². The summed E-state index contributed by atoms with van der Waals surface area (Å²) >= 11 is 0. The molecule has 13 heteroatoms. The molecule has 0 saturated heterocycles. The second-order valence-electron chi connectivity index (χ2n) is 7.67. The fourth-order valence-electron chi connectivity index (χ4n) is 3.42. The van der Waals surface area contributed by atoms with Crippen molar-refractivity contribution in [3.05, 3.63) is 70.4 Å². The molecule has 0 spiro atoms. The van der Waals surface area contributed by atoms with Crippen LogP contribution >= 0.6 is 0 Å². The second-order valence-corrected chi connectivity index (χ2v) is 7.67. The highest BCUT2D eigenvalue weighted by Gasteiger charge is 2.32. The van der Waals surface area contributed by atoms with E-state index in [4.69, 9.17) is 14.2 Å². The van der Waals surface area contributed by atoms with Gasteiger partial charge in [0, 0.05) is 5.70 Å². The van der Waals surface area contributed by atoms with Crippen molar-refractivity contribution >= 4 is 24.1 Å². The number of halogens is 3. The largest absolute Gasteiger partial charge is 0.493 e. The van der Waals surface area contributed by atoms with E-state index in [1.165, 1.54) is 38.6 Å². The van der Waals surface area contributed by atoms with Gasteiger partial charge in [-0.25, -0.2) is 15.0 Å². The lowest BCUT2D eigenvalue weighted by molar-refractivity contribution is -0.138. The van der Waals surface area contributed by atoms with Crippen molar-refractivity contribution in [2.45, 2.75) is 19.1 Å². The number of hydrogen-bond donors (Lipinski definition) is 3. The van der Waals surface area contributed by atoms with Crippen molar-refractivity contribution in [3.8, 4) is 11.5 Å². The normalized spacial score (nSPS) is 15.6.